The first-order chi connectivity index (χ1) is 12.5. The maximum Gasteiger partial charge on any atom is 0.250 e. The molecule has 0 atom stereocenters. The SMILES string of the molecule is C=C(CNc1c(C(N)=O)ccc2ccc(-c3cccnc3)cc12)C(N)=O. The van der Waals surface area contributed by atoms with E-state index >= 15 is 0 Å². The predicted molar refractivity (Wildman–Crippen MR) is 103 cm³/mol. The Morgan fingerprint density at radius 2 is 1.85 bits per heavy atom. The summed E-state index contributed by atoms with van der Waals surface area (Å²) in [5, 5.41) is 4.81. The van der Waals surface area contributed by atoms with Gasteiger partial charge in [0.1, 0.15) is 0 Å². The second kappa shape index (κ2) is 7.06. The molecule has 1 heterocycles. The van der Waals surface area contributed by atoms with E-state index in [1.807, 2.05) is 36.4 Å². The number of primary amides is 2. The molecule has 1 aromatic heterocycles. The normalized spacial score (nSPS) is 10.5. The fourth-order valence-electron chi connectivity index (χ4n) is 2.71. The highest BCUT2D eigenvalue weighted by Gasteiger charge is 2.14. The van der Waals surface area contributed by atoms with E-state index in [2.05, 4.69) is 16.9 Å². The number of fused-ring (bicyclic) bond motifs is 1. The number of hydrogen-bond donors (Lipinski definition) is 3. The summed E-state index contributed by atoms with van der Waals surface area (Å²) < 4.78 is 0. The zero-order valence-corrected chi connectivity index (χ0v) is 14.0. The average molecular weight is 346 g/mol. The highest BCUT2D eigenvalue weighted by atomic mass is 16.1. The fraction of sp³-hybridized carbons (Fsp3) is 0.0500. The van der Waals surface area contributed by atoms with Crippen molar-refractivity contribution in [2.24, 2.45) is 11.5 Å². The van der Waals surface area contributed by atoms with Gasteiger partial charge in [-0.15, -0.1) is 0 Å². The molecule has 26 heavy (non-hydrogen) atoms. The molecule has 3 aromatic rings. The third kappa shape index (κ3) is 3.39. The van der Waals surface area contributed by atoms with Gasteiger partial charge in [-0.2, -0.15) is 0 Å². The van der Waals surface area contributed by atoms with Crippen LogP contribution in [0.15, 0.2) is 67.0 Å². The van der Waals surface area contributed by atoms with Crippen LogP contribution >= 0.6 is 0 Å². The Hall–Kier alpha value is -3.67. The Balaban J connectivity index is 2.13. The zero-order chi connectivity index (χ0) is 18.7. The van der Waals surface area contributed by atoms with Crippen molar-refractivity contribution in [2.75, 3.05) is 11.9 Å². The average Bonchev–Trinajstić information content (AvgIpc) is 2.65. The van der Waals surface area contributed by atoms with Crippen molar-refractivity contribution in [3.8, 4) is 11.1 Å². The molecule has 0 aliphatic heterocycles. The summed E-state index contributed by atoms with van der Waals surface area (Å²) >= 11 is 0. The van der Waals surface area contributed by atoms with Crippen LogP contribution in [0.1, 0.15) is 10.4 Å². The molecule has 2 aromatic carbocycles. The molecule has 0 unspecified atom stereocenters. The molecule has 0 fully saturated rings. The number of nitrogens with two attached hydrogens (primary N) is 2. The zero-order valence-electron chi connectivity index (χ0n) is 14.0. The third-order valence-electron chi connectivity index (χ3n) is 4.11. The first-order valence-electron chi connectivity index (χ1n) is 7.96. The minimum absolute atomic E-state index is 0.117. The van der Waals surface area contributed by atoms with E-state index in [-0.39, 0.29) is 12.1 Å². The maximum atomic E-state index is 11.9. The van der Waals surface area contributed by atoms with Gasteiger partial charge < -0.3 is 16.8 Å². The third-order valence-corrected chi connectivity index (χ3v) is 4.11. The molecule has 0 bridgehead atoms. The number of anilines is 1. The van der Waals surface area contributed by atoms with Crippen LogP contribution in [0, 0.1) is 0 Å². The van der Waals surface area contributed by atoms with Crippen LogP contribution in [0.2, 0.25) is 0 Å². The molecule has 0 spiro atoms. The summed E-state index contributed by atoms with van der Waals surface area (Å²) in [5.41, 5.74) is 13.7. The summed E-state index contributed by atoms with van der Waals surface area (Å²) in [6.07, 6.45) is 3.47. The van der Waals surface area contributed by atoms with E-state index in [1.165, 1.54) is 0 Å². The molecule has 130 valence electrons. The molecule has 0 saturated heterocycles. The number of aromatic nitrogens is 1. The minimum Gasteiger partial charge on any atom is -0.380 e. The van der Waals surface area contributed by atoms with Crippen LogP contribution in [0.25, 0.3) is 21.9 Å². The van der Waals surface area contributed by atoms with Crippen molar-refractivity contribution in [2.45, 2.75) is 0 Å². The Bertz CT molecular complexity index is 1010. The molecule has 2 amide bonds. The summed E-state index contributed by atoms with van der Waals surface area (Å²) in [5.74, 6) is -1.17. The van der Waals surface area contributed by atoms with Gasteiger partial charge in [0.25, 0.3) is 5.91 Å². The molecule has 6 nitrogen and oxygen atoms in total. The van der Waals surface area contributed by atoms with Gasteiger partial charge in [-0.05, 0) is 29.1 Å². The quantitative estimate of drug-likeness (QED) is 0.595. The van der Waals surface area contributed by atoms with Crippen LogP contribution in [0.4, 0.5) is 5.69 Å². The Morgan fingerprint density at radius 3 is 2.50 bits per heavy atom. The van der Waals surface area contributed by atoms with Gasteiger partial charge in [0, 0.05) is 35.5 Å². The monoisotopic (exact) mass is 346 g/mol. The fourth-order valence-corrected chi connectivity index (χ4v) is 2.71. The Morgan fingerprint density at radius 1 is 1.08 bits per heavy atom. The van der Waals surface area contributed by atoms with Crippen molar-refractivity contribution >= 4 is 28.3 Å². The van der Waals surface area contributed by atoms with Crippen molar-refractivity contribution in [3.05, 3.63) is 72.6 Å². The highest BCUT2D eigenvalue weighted by molar-refractivity contribution is 6.09. The number of nitrogens with one attached hydrogen (secondary N) is 1. The molecule has 6 heteroatoms. The van der Waals surface area contributed by atoms with Crippen molar-refractivity contribution in [1.29, 1.82) is 0 Å². The topological polar surface area (TPSA) is 111 Å². The lowest BCUT2D eigenvalue weighted by atomic mass is 9.98. The van der Waals surface area contributed by atoms with Gasteiger partial charge in [-0.3, -0.25) is 14.6 Å². The molecular formula is C20H18N4O2. The maximum absolute atomic E-state index is 11.9. The number of benzene rings is 2. The highest BCUT2D eigenvalue weighted by Crippen LogP contribution is 2.31. The number of carbonyl (C=O) groups is 2. The second-order valence-electron chi connectivity index (χ2n) is 5.85. The van der Waals surface area contributed by atoms with Crippen LogP contribution in [-0.4, -0.2) is 23.3 Å². The van der Waals surface area contributed by atoms with E-state index in [0.29, 0.717) is 11.3 Å². The number of rotatable bonds is 6. The number of amides is 2. The lowest BCUT2D eigenvalue weighted by molar-refractivity contribution is -0.114. The van der Waals surface area contributed by atoms with E-state index in [4.69, 9.17) is 11.5 Å². The largest absolute Gasteiger partial charge is 0.380 e. The number of pyridine rings is 1. The molecule has 0 radical (unpaired) electrons. The summed E-state index contributed by atoms with van der Waals surface area (Å²) in [4.78, 5) is 27.2. The standard InChI is InChI=1S/C20H18N4O2/c1-12(19(21)25)10-24-18-16(20(22)26)7-6-13-4-5-14(9-17(13)18)15-3-2-8-23-11-15/h2-9,11,24H,1,10H2,(H2,21,25)(H2,22,26). The second-order valence-corrected chi connectivity index (χ2v) is 5.85. The Kier molecular flexibility index (Phi) is 4.66. The van der Waals surface area contributed by atoms with Gasteiger partial charge in [-0.25, -0.2) is 0 Å². The first-order valence-corrected chi connectivity index (χ1v) is 7.96. The summed E-state index contributed by atoms with van der Waals surface area (Å²) in [7, 11) is 0. The van der Waals surface area contributed by atoms with Gasteiger partial charge in [0.15, 0.2) is 0 Å². The summed E-state index contributed by atoms with van der Waals surface area (Å²) in [6.45, 7) is 3.74. The lowest BCUT2D eigenvalue weighted by Crippen LogP contribution is -2.21. The molecular weight excluding hydrogens is 328 g/mol. The van der Waals surface area contributed by atoms with E-state index in [0.717, 1.165) is 21.9 Å². The Labute approximate surface area is 150 Å². The van der Waals surface area contributed by atoms with Gasteiger partial charge in [0.05, 0.1) is 11.3 Å². The van der Waals surface area contributed by atoms with E-state index in [1.54, 1.807) is 18.5 Å². The first kappa shape index (κ1) is 17.2. The van der Waals surface area contributed by atoms with Crippen LogP contribution in [0.5, 0.6) is 0 Å². The van der Waals surface area contributed by atoms with Crippen molar-refractivity contribution < 1.29 is 9.59 Å². The van der Waals surface area contributed by atoms with Crippen molar-refractivity contribution in [3.63, 3.8) is 0 Å². The van der Waals surface area contributed by atoms with Gasteiger partial charge in [-0.1, -0.05) is 30.8 Å². The lowest BCUT2D eigenvalue weighted by Gasteiger charge is -2.15. The number of hydrogen-bond acceptors (Lipinski definition) is 4. The summed E-state index contributed by atoms with van der Waals surface area (Å²) in [6, 6.07) is 13.2. The van der Waals surface area contributed by atoms with Crippen molar-refractivity contribution in [1.82, 2.24) is 4.98 Å². The van der Waals surface area contributed by atoms with Crippen LogP contribution < -0.4 is 16.8 Å². The molecule has 5 N–H and O–H groups in total. The number of nitrogens with zero attached hydrogens (tertiary/aromatic N) is 1. The molecule has 0 saturated carbocycles. The van der Waals surface area contributed by atoms with Gasteiger partial charge in [0.2, 0.25) is 5.91 Å². The van der Waals surface area contributed by atoms with E-state index in [9.17, 15) is 9.59 Å². The van der Waals surface area contributed by atoms with Crippen LogP contribution in [0.3, 0.4) is 0 Å². The molecule has 0 aliphatic rings. The smallest absolute Gasteiger partial charge is 0.250 e. The van der Waals surface area contributed by atoms with E-state index < -0.39 is 11.8 Å². The van der Waals surface area contributed by atoms with Gasteiger partial charge >= 0.3 is 0 Å². The minimum atomic E-state index is -0.602. The predicted octanol–water partition coefficient (Wildman–Crippen LogP) is 2.45. The molecule has 0 aliphatic carbocycles. The molecule has 3 rings (SSSR count). The van der Waals surface area contributed by atoms with Crippen LogP contribution in [-0.2, 0) is 4.79 Å². The number of carbonyl (C=O) groups excluding carboxylic acids is 2.